The van der Waals surface area contributed by atoms with Gasteiger partial charge in [0.15, 0.2) is 0 Å². The van der Waals surface area contributed by atoms with Crippen LogP contribution in [0.15, 0.2) is 70.9 Å². The Bertz CT molecular complexity index is 762. The van der Waals surface area contributed by atoms with Gasteiger partial charge in [0.05, 0.1) is 6.04 Å². The number of aliphatic imine (C=N–C) groups is 1. The predicted molar refractivity (Wildman–Crippen MR) is 125 cm³/mol. The topological polar surface area (TPSA) is 27.6 Å². The Hall–Kier alpha value is -2.13. The van der Waals surface area contributed by atoms with Crippen LogP contribution in [0, 0.1) is 0 Å². The molecule has 1 fully saturated rings. The third kappa shape index (κ3) is 6.43. The molecule has 0 atom stereocenters. The first kappa shape index (κ1) is 21.6. The molecule has 3 heteroatoms. The van der Waals surface area contributed by atoms with Crippen molar-refractivity contribution in [2.45, 2.75) is 70.4 Å². The smallest absolute Gasteiger partial charge is 0.132 e. The second-order valence-electron chi connectivity index (χ2n) is 8.71. The van der Waals surface area contributed by atoms with Crippen molar-refractivity contribution in [3.63, 3.8) is 0 Å². The Morgan fingerprint density at radius 2 is 1.90 bits per heavy atom. The molecule has 0 bridgehead atoms. The maximum absolute atomic E-state index is 5.17. The SMILES string of the molecule is C=C(C1=CCCC1)C(=NC1CCC(N(C)C)CC1)N/C(C)=C\Cc1ccccc1. The summed E-state index contributed by atoms with van der Waals surface area (Å²) in [6, 6.07) is 11.7. The molecule has 0 aromatic heterocycles. The molecule has 1 aromatic carbocycles. The number of benzene rings is 1. The first-order chi connectivity index (χ1) is 14.0. The summed E-state index contributed by atoms with van der Waals surface area (Å²) in [6.45, 7) is 6.56. The Kier molecular flexibility index (Phi) is 7.88. The van der Waals surface area contributed by atoms with Crippen LogP contribution in [0.25, 0.3) is 0 Å². The van der Waals surface area contributed by atoms with Crippen molar-refractivity contribution in [3.05, 3.63) is 71.5 Å². The maximum atomic E-state index is 5.17. The van der Waals surface area contributed by atoms with E-state index in [2.05, 4.69) is 80.3 Å². The fourth-order valence-electron chi connectivity index (χ4n) is 4.29. The van der Waals surface area contributed by atoms with Crippen molar-refractivity contribution in [1.29, 1.82) is 0 Å². The molecule has 0 saturated heterocycles. The van der Waals surface area contributed by atoms with Gasteiger partial charge in [-0.1, -0.05) is 49.1 Å². The van der Waals surface area contributed by atoms with Crippen LogP contribution in [-0.4, -0.2) is 36.9 Å². The fourth-order valence-corrected chi connectivity index (χ4v) is 4.29. The summed E-state index contributed by atoms with van der Waals surface area (Å²) >= 11 is 0. The number of hydrogen-bond donors (Lipinski definition) is 1. The van der Waals surface area contributed by atoms with E-state index in [0.717, 1.165) is 42.8 Å². The van der Waals surface area contributed by atoms with Crippen LogP contribution in [0.5, 0.6) is 0 Å². The number of allylic oxidation sites excluding steroid dienone is 3. The molecule has 0 unspecified atom stereocenters. The lowest BCUT2D eigenvalue weighted by Crippen LogP contribution is -2.34. The Labute approximate surface area is 177 Å². The molecule has 156 valence electrons. The van der Waals surface area contributed by atoms with Crippen LogP contribution in [0.2, 0.25) is 0 Å². The molecule has 0 amide bonds. The number of nitrogens with one attached hydrogen (secondary N) is 1. The van der Waals surface area contributed by atoms with E-state index in [-0.39, 0.29) is 0 Å². The van der Waals surface area contributed by atoms with E-state index in [9.17, 15) is 0 Å². The first-order valence-electron chi connectivity index (χ1n) is 11.1. The maximum Gasteiger partial charge on any atom is 0.132 e. The van der Waals surface area contributed by atoms with Crippen LogP contribution in [0.4, 0.5) is 0 Å². The van der Waals surface area contributed by atoms with E-state index < -0.39 is 0 Å². The van der Waals surface area contributed by atoms with Crippen molar-refractivity contribution < 1.29 is 0 Å². The van der Waals surface area contributed by atoms with E-state index in [4.69, 9.17) is 4.99 Å². The predicted octanol–water partition coefficient (Wildman–Crippen LogP) is 5.66. The number of amidine groups is 1. The molecule has 0 spiro atoms. The molecule has 3 rings (SSSR count). The van der Waals surface area contributed by atoms with Crippen LogP contribution in [-0.2, 0) is 6.42 Å². The summed E-state index contributed by atoms with van der Waals surface area (Å²) < 4.78 is 0. The molecule has 2 aliphatic rings. The van der Waals surface area contributed by atoms with Gasteiger partial charge >= 0.3 is 0 Å². The van der Waals surface area contributed by atoms with Gasteiger partial charge in [0.2, 0.25) is 0 Å². The fraction of sp³-hybridized carbons (Fsp3) is 0.500. The lowest BCUT2D eigenvalue weighted by molar-refractivity contribution is 0.217. The average Bonchev–Trinajstić information content (AvgIpc) is 3.27. The second kappa shape index (κ2) is 10.6. The Morgan fingerprint density at radius 1 is 1.17 bits per heavy atom. The van der Waals surface area contributed by atoms with Gasteiger partial charge in [-0.05, 0) is 83.5 Å². The lowest BCUT2D eigenvalue weighted by Gasteiger charge is -2.31. The van der Waals surface area contributed by atoms with Crippen molar-refractivity contribution in [2.75, 3.05) is 14.1 Å². The number of hydrogen-bond acceptors (Lipinski definition) is 2. The van der Waals surface area contributed by atoms with Gasteiger partial charge in [-0.15, -0.1) is 0 Å². The van der Waals surface area contributed by atoms with Gasteiger partial charge in [-0.2, -0.15) is 0 Å². The van der Waals surface area contributed by atoms with E-state index in [0.29, 0.717) is 12.1 Å². The molecule has 1 saturated carbocycles. The number of rotatable bonds is 7. The highest BCUT2D eigenvalue weighted by Crippen LogP contribution is 2.27. The standard InChI is InChI=1S/C26H37N3/c1-20(14-15-22-10-6-5-7-11-22)27-26(21(2)23-12-8-9-13-23)28-24-16-18-25(19-17-24)29(3)4/h5-7,10-12,14,24-25H,2,8-9,13,15-19H2,1,3-4H3,(H,27,28)/b20-14-. The van der Waals surface area contributed by atoms with Gasteiger partial charge in [-0.25, -0.2) is 0 Å². The van der Waals surface area contributed by atoms with E-state index in [1.54, 1.807) is 0 Å². The van der Waals surface area contributed by atoms with E-state index in [1.807, 2.05) is 0 Å². The summed E-state index contributed by atoms with van der Waals surface area (Å²) in [5.74, 6) is 0.980. The van der Waals surface area contributed by atoms with Crippen molar-refractivity contribution in [3.8, 4) is 0 Å². The Balaban J connectivity index is 1.70. The molecule has 2 aliphatic carbocycles. The van der Waals surface area contributed by atoms with Gasteiger partial charge in [0, 0.05) is 17.3 Å². The minimum atomic E-state index is 0.398. The molecule has 1 N–H and O–H groups in total. The highest BCUT2D eigenvalue weighted by Gasteiger charge is 2.23. The zero-order valence-electron chi connectivity index (χ0n) is 18.5. The zero-order chi connectivity index (χ0) is 20.6. The van der Waals surface area contributed by atoms with Crippen molar-refractivity contribution in [1.82, 2.24) is 10.2 Å². The van der Waals surface area contributed by atoms with Crippen LogP contribution in [0.3, 0.4) is 0 Å². The highest BCUT2D eigenvalue weighted by molar-refractivity contribution is 6.02. The Morgan fingerprint density at radius 3 is 2.52 bits per heavy atom. The van der Waals surface area contributed by atoms with Gasteiger partial charge in [0.1, 0.15) is 5.84 Å². The number of nitrogens with zero attached hydrogens (tertiary/aromatic N) is 2. The lowest BCUT2D eigenvalue weighted by atomic mass is 9.91. The molecule has 1 aromatic rings. The quantitative estimate of drug-likeness (QED) is 0.480. The molecule has 0 heterocycles. The highest BCUT2D eigenvalue weighted by atomic mass is 15.1. The molecule has 3 nitrogen and oxygen atoms in total. The summed E-state index contributed by atoms with van der Waals surface area (Å²) in [5, 5.41) is 3.61. The summed E-state index contributed by atoms with van der Waals surface area (Å²) in [6.07, 6.45) is 13.8. The normalized spacial score (nSPS) is 23.2. The first-order valence-corrected chi connectivity index (χ1v) is 11.1. The van der Waals surface area contributed by atoms with Crippen molar-refractivity contribution >= 4 is 5.84 Å². The summed E-state index contributed by atoms with van der Waals surface area (Å²) in [4.78, 5) is 7.53. The average molecular weight is 392 g/mol. The van der Waals surface area contributed by atoms with E-state index in [1.165, 1.54) is 36.8 Å². The van der Waals surface area contributed by atoms with Crippen molar-refractivity contribution in [2.24, 2.45) is 4.99 Å². The van der Waals surface area contributed by atoms with E-state index >= 15 is 0 Å². The van der Waals surface area contributed by atoms with Gasteiger partial charge in [-0.3, -0.25) is 4.99 Å². The minimum Gasteiger partial charge on any atom is -0.344 e. The molecule has 29 heavy (non-hydrogen) atoms. The monoisotopic (exact) mass is 391 g/mol. The third-order valence-electron chi connectivity index (χ3n) is 6.22. The molecular formula is C26H37N3. The summed E-state index contributed by atoms with van der Waals surface area (Å²) in [5.41, 5.74) is 4.93. The zero-order valence-corrected chi connectivity index (χ0v) is 18.5. The van der Waals surface area contributed by atoms with Crippen LogP contribution in [0.1, 0.15) is 57.4 Å². The van der Waals surface area contributed by atoms with Crippen LogP contribution < -0.4 is 5.32 Å². The van der Waals surface area contributed by atoms with Gasteiger partial charge in [0.25, 0.3) is 0 Å². The van der Waals surface area contributed by atoms with Gasteiger partial charge < -0.3 is 10.2 Å². The second-order valence-corrected chi connectivity index (χ2v) is 8.71. The van der Waals surface area contributed by atoms with Crippen LogP contribution >= 0.6 is 0 Å². The molecule has 0 radical (unpaired) electrons. The minimum absolute atomic E-state index is 0.398. The third-order valence-corrected chi connectivity index (χ3v) is 6.22. The molecular weight excluding hydrogens is 354 g/mol. The molecule has 0 aliphatic heterocycles. The summed E-state index contributed by atoms with van der Waals surface area (Å²) in [7, 11) is 4.38. The largest absolute Gasteiger partial charge is 0.344 e.